The van der Waals surface area contributed by atoms with Gasteiger partial charge in [-0.15, -0.1) is 0 Å². The lowest BCUT2D eigenvalue weighted by Gasteiger charge is -2.41. The van der Waals surface area contributed by atoms with Gasteiger partial charge in [-0.3, -0.25) is 9.80 Å². The summed E-state index contributed by atoms with van der Waals surface area (Å²) >= 11 is 0. The Kier molecular flexibility index (Phi) is 6.14. The molecule has 0 radical (unpaired) electrons. The third kappa shape index (κ3) is 4.25. The van der Waals surface area contributed by atoms with Crippen LogP contribution in [0, 0.1) is 0 Å². The maximum Gasteiger partial charge on any atom is 0.161 e. The average molecular weight is 433 g/mol. The van der Waals surface area contributed by atoms with Crippen molar-refractivity contribution in [3.05, 3.63) is 71.7 Å². The van der Waals surface area contributed by atoms with Crippen molar-refractivity contribution in [1.29, 1.82) is 0 Å². The van der Waals surface area contributed by atoms with Crippen LogP contribution in [0.1, 0.15) is 29.7 Å². The zero-order chi connectivity index (χ0) is 21.9. The number of fused-ring (bicyclic) bond motifs is 1. The van der Waals surface area contributed by atoms with Crippen molar-refractivity contribution in [2.24, 2.45) is 0 Å². The van der Waals surface area contributed by atoms with Crippen molar-refractivity contribution >= 4 is 0 Å². The van der Waals surface area contributed by atoms with Crippen molar-refractivity contribution < 1.29 is 9.47 Å². The van der Waals surface area contributed by atoms with E-state index in [2.05, 4.69) is 55.9 Å². The lowest BCUT2D eigenvalue weighted by molar-refractivity contribution is 0.0828. The summed E-state index contributed by atoms with van der Waals surface area (Å²) in [5.74, 6) is 2.64. The molecular weight excluding hydrogens is 400 g/mol. The largest absolute Gasteiger partial charge is 0.493 e. The predicted octanol–water partition coefficient (Wildman–Crippen LogP) is 3.91. The Labute approximate surface area is 190 Å². The van der Waals surface area contributed by atoms with Crippen LogP contribution in [0.3, 0.4) is 0 Å². The SMILES string of the molecule is COc1cc2c(cc1OC)CN(C1CCCN(Cc3cccn3-c3ccccn3)C1)CC2. The van der Waals surface area contributed by atoms with Crippen LogP contribution in [0.2, 0.25) is 0 Å². The van der Waals surface area contributed by atoms with Gasteiger partial charge in [0.2, 0.25) is 0 Å². The summed E-state index contributed by atoms with van der Waals surface area (Å²) < 4.78 is 13.3. The maximum atomic E-state index is 5.55. The van der Waals surface area contributed by atoms with Gasteiger partial charge in [0.1, 0.15) is 5.82 Å². The zero-order valence-electron chi connectivity index (χ0n) is 19.0. The second-order valence-corrected chi connectivity index (χ2v) is 8.79. The monoisotopic (exact) mass is 432 g/mol. The van der Waals surface area contributed by atoms with Gasteiger partial charge in [-0.05, 0) is 73.3 Å². The summed E-state index contributed by atoms with van der Waals surface area (Å²) in [4.78, 5) is 9.80. The maximum absolute atomic E-state index is 5.55. The van der Waals surface area contributed by atoms with E-state index in [-0.39, 0.29) is 0 Å². The minimum atomic E-state index is 0.586. The minimum Gasteiger partial charge on any atom is -0.493 e. The highest BCUT2D eigenvalue weighted by Crippen LogP contribution is 2.34. The molecule has 4 heterocycles. The van der Waals surface area contributed by atoms with Gasteiger partial charge in [-0.2, -0.15) is 0 Å². The third-order valence-corrected chi connectivity index (χ3v) is 6.86. The summed E-state index contributed by atoms with van der Waals surface area (Å²) in [6.45, 7) is 5.30. The second kappa shape index (κ2) is 9.35. The number of piperidine rings is 1. The summed E-state index contributed by atoms with van der Waals surface area (Å²) in [5, 5.41) is 0. The van der Waals surface area contributed by atoms with Crippen LogP contribution in [0.4, 0.5) is 0 Å². The first kappa shape index (κ1) is 21.0. The van der Waals surface area contributed by atoms with Gasteiger partial charge in [0.25, 0.3) is 0 Å². The van der Waals surface area contributed by atoms with Crippen LogP contribution in [0.15, 0.2) is 54.9 Å². The van der Waals surface area contributed by atoms with Crippen molar-refractivity contribution in [1.82, 2.24) is 19.4 Å². The van der Waals surface area contributed by atoms with Crippen LogP contribution in [-0.4, -0.2) is 59.2 Å². The predicted molar refractivity (Wildman–Crippen MR) is 126 cm³/mol. The Morgan fingerprint density at radius 3 is 2.62 bits per heavy atom. The van der Waals surface area contributed by atoms with Crippen LogP contribution < -0.4 is 9.47 Å². The van der Waals surface area contributed by atoms with E-state index in [0.717, 1.165) is 56.5 Å². The van der Waals surface area contributed by atoms with Crippen molar-refractivity contribution in [2.45, 2.75) is 38.4 Å². The van der Waals surface area contributed by atoms with E-state index < -0.39 is 0 Å². The summed E-state index contributed by atoms with van der Waals surface area (Å²) in [6, 6.07) is 15.3. The molecule has 0 spiro atoms. The summed E-state index contributed by atoms with van der Waals surface area (Å²) in [6.07, 6.45) is 7.54. The fraction of sp³-hybridized carbons (Fsp3) is 0.423. The Balaban J connectivity index is 1.27. The molecule has 32 heavy (non-hydrogen) atoms. The fourth-order valence-corrected chi connectivity index (χ4v) is 5.18. The number of methoxy groups -OCH3 is 2. The molecule has 6 heteroatoms. The van der Waals surface area contributed by atoms with Gasteiger partial charge in [0, 0.05) is 50.3 Å². The van der Waals surface area contributed by atoms with Gasteiger partial charge in [0.05, 0.1) is 14.2 Å². The van der Waals surface area contributed by atoms with Gasteiger partial charge in [-0.1, -0.05) is 6.07 Å². The van der Waals surface area contributed by atoms with E-state index in [1.807, 2.05) is 18.3 Å². The van der Waals surface area contributed by atoms with Crippen LogP contribution in [-0.2, 0) is 19.5 Å². The number of pyridine rings is 1. The van der Waals surface area contributed by atoms with E-state index in [1.54, 1.807) is 14.2 Å². The molecule has 2 aliphatic rings. The molecule has 2 aromatic heterocycles. The molecule has 1 saturated heterocycles. The van der Waals surface area contributed by atoms with Gasteiger partial charge in [-0.25, -0.2) is 4.98 Å². The van der Waals surface area contributed by atoms with Crippen molar-refractivity contribution in [2.75, 3.05) is 33.9 Å². The summed E-state index contributed by atoms with van der Waals surface area (Å²) in [5.41, 5.74) is 4.06. The first-order valence-corrected chi connectivity index (χ1v) is 11.5. The zero-order valence-corrected chi connectivity index (χ0v) is 19.0. The lowest BCUT2D eigenvalue weighted by atomic mass is 9.95. The van der Waals surface area contributed by atoms with Gasteiger partial charge < -0.3 is 14.0 Å². The molecule has 1 aromatic carbocycles. The smallest absolute Gasteiger partial charge is 0.161 e. The molecule has 5 rings (SSSR count). The van der Waals surface area contributed by atoms with E-state index in [9.17, 15) is 0 Å². The molecule has 1 fully saturated rings. The Morgan fingerprint density at radius 1 is 1.00 bits per heavy atom. The summed E-state index contributed by atoms with van der Waals surface area (Å²) in [7, 11) is 3.42. The molecular formula is C26H32N4O2. The standard InChI is InChI=1S/C26H32N4O2/c1-31-24-15-20-10-14-29(17-21(20)16-25(24)32-2)22-7-5-12-28(18-22)19-23-8-6-13-30(23)26-9-3-4-11-27-26/h3-4,6,8-9,11,13,15-16,22H,5,7,10,12,14,17-19H2,1-2H3. The van der Waals surface area contributed by atoms with E-state index in [1.165, 1.54) is 29.7 Å². The minimum absolute atomic E-state index is 0.586. The molecule has 0 N–H and O–H groups in total. The second-order valence-electron chi connectivity index (χ2n) is 8.79. The number of aromatic nitrogens is 2. The molecule has 3 aromatic rings. The van der Waals surface area contributed by atoms with Crippen molar-refractivity contribution in [3.8, 4) is 17.3 Å². The molecule has 0 saturated carbocycles. The Morgan fingerprint density at radius 2 is 1.84 bits per heavy atom. The molecule has 1 unspecified atom stereocenters. The number of rotatable bonds is 6. The number of nitrogens with zero attached hydrogens (tertiary/aromatic N) is 4. The van der Waals surface area contributed by atoms with Crippen LogP contribution in [0.5, 0.6) is 11.5 Å². The molecule has 168 valence electrons. The Bertz CT molecular complexity index is 1050. The fourth-order valence-electron chi connectivity index (χ4n) is 5.18. The first-order valence-electron chi connectivity index (χ1n) is 11.5. The third-order valence-electron chi connectivity index (χ3n) is 6.86. The van der Waals surface area contributed by atoms with E-state index in [0.29, 0.717) is 6.04 Å². The molecule has 6 nitrogen and oxygen atoms in total. The van der Waals surface area contributed by atoms with E-state index in [4.69, 9.17) is 9.47 Å². The molecule has 1 atom stereocenters. The number of ether oxygens (including phenoxy) is 2. The van der Waals surface area contributed by atoms with Gasteiger partial charge in [0.15, 0.2) is 11.5 Å². The average Bonchev–Trinajstić information content (AvgIpc) is 3.31. The molecule has 2 aliphatic heterocycles. The molecule has 0 amide bonds. The van der Waals surface area contributed by atoms with Crippen LogP contribution >= 0.6 is 0 Å². The van der Waals surface area contributed by atoms with Crippen molar-refractivity contribution in [3.63, 3.8) is 0 Å². The Hall–Kier alpha value is -2.83. The van der Waals surface area contributed by atoms with E-state index >= 15 is 0 Å². The van der Waals surface area contributed by atoms with Gasteiger partial charge >= 0.3 is 0 Å². The first-order chi connectivity index (χ1) is 15.7. The lowest BCUT2D eigenvalue weighted by Crippen LogP contribution is -2.49. The molecule has 0 bridgehead atoms. The normalized spacial score (nSPS) is 19.5. The number of hydrogen-bond donors (Lipinski definition) is 0. The molecule has 0 aliphatic carbocycles. The topological polar surface area (TPSA) is 42.8 Å². The highest BCUT2D eigenvalue weighted by Gasteiger charge is 2.29. The number of benzene rings is 1. The number of likely N-dealkylation sites (tertiary alicyclic amines) is 1. The number of hydrogen-bond acceptors (Lipinski definition) is 5. The highest BCUT2D eigenvalue weighted by molar-refractivity contribution is 5.48. The quantitative estimate of drug-likeness (QED) is 0.591. The highest BCUT2D eigenvalue weighted by atomic mass is 16.5. The van der Waals surface area contributed by atoms with Crippen LogP contribution in [0.25, 0.3) is 5.82 Å².